The molecule has 0 aromatic carbocycles. The number of aromatic carboxylic acids is 1. The molecule has 0 fully saturated rings. The van der Waals surface area contributed by atoms with Crippen molar-refractivity contribution in [2.45, 2.75) is 20.8 Å². The number of carboxylic acid groups (broad SMARTS) is 1. The monoisotopic (exact) mass is 193 g/mol. The lowest BCUT2D eigenvalue weighted by Crippen LogP contribution is -1.97. The fraction of sp³-hybridized carbons (Fsp3) is 0.333. The molecular weight excluding hydrogens is 182 g/mol. The second-order valence-corrected chi connectivity index (χ2v) is 3.36. The third-order valence-corrected chi connectivity index (χ3v) is 2.44. The van der Waals surface area contributed by atoms with Crippen LogP contribution < -0.4 is 0 Å². The van der Waals surface area contributed by atoms with Crippen LogP contribution in [0.1, 0.15) is 27.4 Å². The largest absolute Gasteiger partial charge is 0.477 e. The molecule has 0 bridgehead atoms. The molecule has 2 rings (SSSR count). The van der Waals surface area contributed by atoms with Crippen molar-refractivity contribution >= 4 is 11.6 Å². The number of aromatic amines is 1. The Bertz CT molecular complexity index is 522. The molecule has 74 valence electrons. The molecule has 0 saturated heterocycles. The zero-order chi connectivity index (χ0) is 10.5. The number of hydrogen-bond donors (Lipinski definition) is 2. The van der Waals surface area contributed by atoms with E-state index < -0.39 is 5.97 Å². The molecule has 0 atom stereocenters. The number of nitrogens with zero attached hydrogens (tertiary/aromatic N) is 2. The van der Waals surface area contributed by atoms with E-state index in [-0.39, 0.29) is 5.56 Å². The fourth-order valence-corrected chi connectivity index (χ4v) is 1.56. The first-order chi connectivity index (χ1) is 6.52. The quantitative estimate of drug-likeness (QED) is 0.716. The second kappa shape index (κ2) is 2.60. The van der Waals surface area contributed by atoms with Gasteiger partial charge in [0.15, 0.2) is 5.65 Å². The number of rotatable bonds is 1. The molecule has 0 aliphatic rings. The summed E-state index contributed by atoms with van der Waals surface area (Å²) in [7, 11) is 0. The van der Waals surface area contributed by atoms with Crippen molar-refractivity contribution in [3.8, 4) is 0 Å². The minimum absolute atomic E-state index is 0.251. The van der Waals surface area contributed by atoms with Gasteiger partial charge >= 0.3 is 5.97 Å². The maximum Gasteiger partial charge on any atom is 0.341 e. The first-order valence-corrected chi connectivity index (χ1v) is 4.30. The van der Waals surface area contributed by atoms with Gasteiger partial charge in [-0.15, -0.1) is 0 Å². The van der Waals surface area contributed by atoms with Crippen molar-refractivity contribution in [1.29, 1.82) is 0 Å². The lowest BCUT2D eigenvalue weighted by Gasteiger charge is -1.90. The van der Waals surface area contributed by atoms with Gasteiger partial charge < -0.3 is 5.11 Å². The summed E-state index contributed by atoms with van der Waals surface area (Å²) in [5.74, 6) is -0.946. The van der Waals surface area contributed by atoms with Crippen LogP contribution in [0.3, 0.4) is 0 Å². The number of aromatic nitrogens is 3. The summed E-state index contributed by atoms with van der Waals surface area (Å²) in [6, 6.07) is 0. The van der Waals surface area contributed by atoms with Crippen LogP contribution in [0.15, 0.2) is 0 Å². The molecule has 14 heavy (non-hydrogen) atoms. The number of hydrogen-bond acceptors (Lipinski definition) is 2. The average Bonchev–Trinajstić information content (AvgIpc) is 2.51. The fourth-order valence-electron chi connectivity index (χ4n) is 1.56. The van der Waals surface area contributed by atoms with Crippen LogP contribution in [0, 0.1) is 20.8 Å². The first-order valence-electron chi connectivity index (χ1n) is 4.30. The molecule has 5 heteroatoms. The summed E-state index contributed by atoms with van der Waals surface area (Å²) in [4.78, 5) is 15.1. The van der Waals surface area contributed by atoms with E-state index in [1.54, 1.807) is 11.4 Å². The number of aryl methyl sites for hydroxylation is 3. The van der Waals surface area contributed by atoms with Crippen LogP contribution in [-0.4, -0.2) is 25.7 Å². The van der Waals surface area contributed by atoms with E-state index in [4.69, 9.17) is 5.11 Å². The van der Waals surface area contributed by atoms with Crippen LogP contribution in [0.5, 0.6) is 0 Å². The Morgan fingerprint density at radius 2 is 2.07 bits per heavy atom. The number of carboxylic acids is 1. The lowest BCUT2D eigenvalue weighted by molar-refractivity contribution is 0.0698. The van der Waals surface area contributed by atoms with Gasteiger partial charge in [-0.2, -0.15) is 0 Å². The van der Waals surface area contributed by atoms with Gasteiger partial charge in [-0.1, -0.05) is 0 Å². The topological polar surface area (TPSA) is 70.4 Å². The molecule has 2 aromatic heterocycles. The number of fused-ring (bicyclic) bond motifs is 1. The smallest absolute Gasteiger partial charge is 0.341 e. The Hall–Kier alpha value is -1.78. The molecule has 0 aliphatic heterocycles. The Morgan fingerprint density at radius 3 is 2.64 bits per heavy atom. The van der Waals surface area contributed by atoms with E-state index in [0.29, 0.717) is 11.3 Å². The maximum absolute atomic E-state index is 10.9. The molecule has 0 spiro atoms. The highest BCUT2D eigenvalue weighted by atomic mass is 16.4. The van der Waals surface area contributed by atoms with Crippen LogP contribution in [0.2, 0.25) is 0 Å². The Kier molecular flexibility index (Phi) is 1.64. The van der Waals surface area contributed by atoms with Crippen molar-refractivity contribution in [1.82, 2.24) is 14.6 Å². The standard InChI is InChI=1S/C9H11N3O2/c1-4-6(3)12-8(10-4)7(9(13)14)5(2)11-12/h11H,1-3H3,(H,13,14). The number of imidazole rings is 1. The summed E-state index contributed by atoms with van der Waals surface area (Å²) in [6.45, 7) is 5.49. The van der Waals surface area contributed by atoms with Crippen molar-refractivity contribution in [2.75, 3.05) is 0 Å². The zero-order valence-electron chi connectivity index (χ0n) is 8.25. The van der Waals surface area contributed by atoms with Crippen molar-refractivity contribution < 1.29 is 9.90 Å². The number of carbonyl (C=O) groups is 1. The molecule has 0 amide bonds. The van der Waals surface area contributed by atoms with Crippen molar-refractivity contribution in [3.05, 3.63) is 22.6 Å². The normalized spacial score (nSPS) is 11.1. The summed E-state index contributed by atoms with van der Waals surface area (Å²) >= 11 is 0. The summed E-state index contributed by atoms with van der Waals surface area (Å²) in [5.41, 5.74) is 3.16. The summed E-state index contributed by atoms with van der Waals surface area (Å²) < 4.78 is 1.70. The van der Waals surface area contributed by atoms with Gasteiger partial charge in [0.2, 0.25) is 0 Å². The minimum atomic E-state index is -0.946. The van der Waals surface area contributed by atoms with E-state index in [0.717, 1.165) is 11.4 Å². The maximum atomic E-state index is 10.9. The van der Waals surface area contributed by atoms with Gasteiger partial charge in [0.1, 0.15) is 5.56 Å². The number of H-pyrrole nitrogens is 1. The molecule has 2 heterocycles. The summed E-state index contributed by atoms with van der Waals surface area (Å²) in [6.07, 6.45) is 0. The van der Waals surface area contributed by atoms with Gasteiger partial charge in [-0.05, 0) is 20.8 Å². The van der Waals surface area contributed by atoms with E-state index in [1.807, 2.05) is 13.8 Å². The molecule has 0 unspecified atom stereocenters. The lowest BCUT2D eigenvalue weighted by atomic mass is 10.2. The summed E-state index contributed by atoms with van der Waals surface area (Å²) in [5, 5.41) is 12.0. The van der Waals surface area contributed by atoms with Crippen LogP contribution in [-0.2, 0) is 0 Å². The Labute approximate surface area is 80.4 Å². The van der Waals surface area contributed by atoms with E-state index in [9.17, 15) is 4.79 Å². The highest BCUT2D eigenvalue weighted by Crippen LogP contribution is 2.17. The van der Waals surface area contributed by atoms with Crippen molar-refractivity contribution in [2.24, 2.45) is 0 Å². The molecular formula is C9H11N3O2. The van der Waals surface area contributed by atoms with Gasteiger partial charge in [-0.25, -0.2) is 14.3 Å². The Balaban J connectivity index is 2.88. The molecule has 2 N–H and O–H groups in total. The van der Waals surface area contributed by atoms with Crippen molar-refractivity contribution in [3.63, 3.8) is 0 Å². The highest BCUT2D eigenvalue weighted by molar-refractivity contribution is 5.95. The van der Waals surface area contributed by atoms with Crippen LogP contribution in [0.4, 0.5) is 0 Å². The molecule has 0 radical (unpaired) electrons. The Morgan fingerprint density at radius 1 is 1.43 bits per heavy atom. The average molecular weight is 193 g/mol. The third kappa shape index (κ3) is 0.951. The highest BCUT2D eigenvalue weighted by Gasteiger charge is 2.18. The molecule has 0 aliphatic carbocycles. The minimum Gasteiger partial charge on any atom is -0.477 e. The predicted molar refractivity (Wildman–Crippen MR) is 50.7 cm³/mol. The first kappa shape index (κ1) is 8.80. The number of nitrogens with one attached hydrogen (secondary N) is 1. The molecule has 0 saturated carbocycles. The second-order valence-electron chi connectivity index (χ2n) is 3.36. The van der Waals surface area contributed by atoms with E-state index >= 15 is 0 Å². The third-order valence-electron chi connectivity index (χ3n) is 2.44. The van der Waals surface area contributed by atoms with E-state index in [1.165, 1.54) is 0 Å². The molecule has 5 nitrogen and oxygen atoms in total. The molecule has 2 aromatic rings. The van der Waals surface area contributed by atoms with E-state index in [2.05, 4.69) is 10.1 Å². The zero-order valence-corrected chi connectivity index (χ0v) is 8.25. The van der Waals surface area contributed by atoms with Gasteiger partial charge in [-0.3, -0.25) is 5.10 Å². The van der Waals surface area contributed by atoms with Gasteiger partial charge in [0, 0.05) is 5.69 Å². The predicted octanol–water partition coefficient (Wildman–Crippen LogP) is 1.29. The van der Waals surface area contributed by atoms with Crippen LogP contribution in [0.25, 0.3) is 5.65 Å². The SMILES string of the molecule is Cc1nc2c(C(=O)O)c(C)[nH]n2c1C. The van der Waals surface area contributed by atoms with Gasteiger partial charge in [0.05, 0.1) is 11.4 Å². The van der Waals surface area contributed by atoms with Crippen LogP contribution >= 0.6 is 0 Å². The van der Waals surface area contributed by atoms with Gasteiger partial charge in [0.25, 0.3) is 0 Å².